The number of carbonyl (C=O) groups is 3. The molecular formula is C28H42BrN3O6S. The fraction of sp³-hybridized carbons (Fsp3) is 0.750. The SMILES string of the molecule is C=CCOC(=O)[C@H]1[C@@H]2SC3(CC2Br)C(C(=O)N(CC=C)CCN2CCOCC2)N([C@@H](CO)CC(C)C)C(=O)[C@H]13. The minimum absolute atomic E-state index is 0.0399. The van der Waals surface area contributed by atoms with Crippen LogP contribution in [0.15, 0.2) is 25.3 Å². The Morgan fingerprint density at radius 1 is 1.31 bits per heavy atom. The second kappa shape index (κ2) is 13.1. The number of aliphatic hydroxyl groups excluding tert-OH is 1. The molecule has 0 aromatic rings. The lowest BCUT2D eigenvalue weighted by molar-refractivity contribution is -0.153. The molecule has 0 aromatic heterocycles. The van der Waals surface area contributed by atoms with Gasteiger partial charge in [0.2, 0.25) is 11.8 Å². The molecule has 2 amide bonds. The van der Waals surface area contributed by atoms with Crippen LogP contribution in [0.3, 0.4) is 0 Å². The number of ether oxygens (including phenoxy) is 2. The summed E-state index contributed by atoms with van der Waals surface area (Å²) in [6.45, 7) is 15.9. The van der Waals surface area contributed by atoms with Crippen molar-refractivity contribution in [3.63, 3.8) is 0 Å². The molecule has 1 spiro atoms. The lowest BCUT2D eigenvalue weighted by Gasteiger charge is -2.40. The molecular weight excluding hydrogens is 586 g/mol. The van der Waals surface area contributed by atoms with E-state index in [9.17, 15) is 19.5 Å². The van der Waals surface area contributed by atoms with Crippen LogP contribution in [0.1, 0.15) is 26.7 Å². The summed E-state index contributed by atoms with van der Waals surface area (Å²) in [7, 11) is 0. The van der Waals surface area contributed by atoms with Crippen LogP contribution in [0, 0.1) is 17.8 Å². The summed E-state index contributed by atoms with van der Waals surface area (Å²) in [5, 5.41) is 10.3. The number of hydrogen-bond donors (Lipinski definition) is 1. The van der Waals surface area contributed by atoms with E-state index >= 15 is 0 Å². The van der Waals surface area contributed by atoms with Gasteiger partial charge in [-0.25, -0.2) is 0 Å². The van der Waals surface area contributed by atoms with E-state index in [0.717, 1.165) is 13.1 Å². The maximum absolute atomic E-state index is 14.6. The van der Waals surface area contributed by atoms with Crippen LogP contribution < -0.4 is 0 Å². The molecule has 4 aliphatic rings. The maximum atomic E-state index is 14.6. The minimum atomic E-state index is -0.789. The van der Waals surface area contributed by atoms with Gasteiger partial charge in [-0.3, -0.25) is 19.3 Å². The number of fused-ring (bicyclic) bond motifs is 1. The highest BCUT2D eigenvalue weighted by atomic mass is 79.9. The number of esters is 1. The number of hydrogen-bond acceptors (Lipinski definition) is 8. The zero-order chi connectivity index (χ0) is 28.3. The second-order valence-corrected chi connectivity index (χ2v) is 14.0. The first-order valence-corrected chi connectivity index (χ1v) is 15.7. The predicted octanol–water partition coefficient (Wildman–Crippen LogP) is 1.93. The molecule has 39 heavy (non-hydrogen) atoms. The molecule has 0 aromatic carbocycles. The van der Waals surface area contributed by atoms with Crippen molar-refractivity contribution in [2.45, 2.75) is 53.6 Å². The lowest BCUT2D eigenvalue weighted by atomic mass is 9.71. The van der Waals surface area contributed by atoms with Crippen LogP contribution in [0.5, 0.6) is 0 Å². The fourth-order valence-corrected chi connectivity index (χ4v) is 10.4. The smallest absolute Gasteiger partial charge is 0.311 e. The van der Waals surface area contributed by atoms with Gasteiger partial charge in [-0.2, -0.15) is 0 Å². The van der Waals surface area contributed by atoms with Crippen LogP contribution in [0.4, 0.5) is 0 Å². The lowest BCUT2D eigenvalue weighted by Crippen LogP contribution is -2.58. The van der Waals surface area contributed by atoms with E-state index < -0.39 is 34.6 Å². The molecule has 9 nitrogen and oxygen atoms in total. The van der Waals surface area contributed by atoms with Crippen molar-refractivity contribution in [2.24, 2.45) is 17.8 Å². The third kappa shape index (κ3) is 5.84. The molecule has 4 aliphatic heterocycles. The number of nitrogens with zero attached hydrogens (tertiary/aromatic N) is 3. The van der Waals surface area contributed by atoms with Crippen molar-refractivity contribution in [2.75, 3.05) is 59.2 Å². The van der Waals surface area contributed by atoms with Crippen molar-refractivity contribution in [1.82, 2.24) is 14.7 Å². The van der Waals surface area contributed by atoms with Gasteiger partial charge in [0.1, 0.15) is 12.6 Å². The number of amides is 2. The molecule has 3 unspecified atom stereocenters. The Balaban J connectivity index is 1.70. The number of likely N-dealkylation sites (tertiary alicyclic amines) is 1. The van der Waals surface area contributed by atoms with Crippen LogP contribution in [-0.2, 0) is 23.9 Å². The Hall–Kier alpha value is -1.40. The molecule has 11 heteroatoms. The molecule has 4 fully saturated rings. The van der Waals surface area contributed by atoms with E-state index in [0.29, 0.717) is 45.7 Å². The van der Waals surface area contributed by atoms with Crippen molar-refractivity contribution in [1.29, 1.82) is 0 Å². The monoisotopic (exact) mass is 627 g/mol. The summed E-state index contributed by atoms with van der Waals surface area (Å²) in [6.07, 6.45) is 4.37. The van der Waals surface area contributed by atoms with Gasteiger partial charge in [-0.1, -0.05) is 48.5 Å². The van der Waals surface area contributed by atoms with Gasteiger partial charge in [-0.15, -0.1) is 18.3 Å². The van der Waals surface area contributed by atoms with E-state index in [2.05, 4.69) is 34.0 Å². The number of aliphatic hydroxyl groups is 1. The Bertz CT molecular complexity index is 946. The van der Waals surface area contributed by atoms with Crippen molar-refractivity contribution in [3.8, 4) is 0 Å². The summed E-state index contributed by atoms with van der Waals surface area (Å²) in [5.74, 6) is -1.94. The van der Waals surface area contributed by atoms with Gasteiger partial charge in [0.15, 0.2) is 0 Å². The number of halogens is 1. The van der Waals surface area contributed by atoms with Crippen LogP contribution in [0.2, 0.25) is 0 Å². The van der Waals surface area contributed by atoms with Gasteiger partial charge in [-0.05, 0) is 18.8 Å². The van der Waals surface area contributed by atoms with E-state index in [4.69, 9.17) is 9.47 Å². The zero-order valence-corrected chi connectivity index (χ0v) is 25.4. The predicted molar refractivity (Wildman–Crippen MR) is 155 cm³/mol. The summed E-state index contributed by atoms with van der Waals surface area (Å²) in [4.78, 5) is 47.8. The van der Waals surface area contributed by atoms with Gasteiger partial charge >= 0.3 is 5.97 Å². The van der Waals surface area contributed by atoms with Crippen LogP contribution in [-0.4, -0.2) is 124 Å². The fourth-order valence-electron chi connectivity index (χ4n) is 6.77. The highest BCUT2D eigenvalue weighted by molar-refractivity contribution is 9.09. The first-order valence-electron chi connectivity index (χ1n) is 13.9. The molecule has 4 rings (SSSR count). The number of rotatable bonds is 13. The van der Waals surface area contributed by atoms with Crippen molar-refractivity contribution in [3.05, 3.63) is 25.3 Å². The Morgan fingerprint density at radius 3 is 2.64 bits per heavy atom. The number of thioether (sulfide) groups is 1. The Kier molecular flexibility index (Phi) is 10.2. The highest BCUT2D eigenvalue weighted by Gasteiger charge is 2.76. The van der Waals surface area contributed by atoms with Gasteiger partial charge < -0.3 is 24.4 Å². The molecule has 1 N–H and O–H groups in total. The highest BCUT2D eigenvalue weighted by Crippen LogP contribution is 2.68. The average molecular weight is 629 g/mol. The molecule has 0 radical (unpaired) electrons. The zero-order valence-electron chi connectivity index (χ0n) is 23.0. The third-order valence-electron chi connectivity index (χ3n) is 8.38. The van der Waals surface area contributed by atoms with E-state index in [1.165, 1.54) is 6.08 Å². The van der Waals surface area contributed by atoms with Crippen LogP contribution in [0.25, 0.3) is 0 Å². The molecule has 4 saturated heterocycles. The molecule has 0 aliphatic carbocycles. The Labute approximate surface area is 244 Å². The van der Waals surface area contributed by atoms with Crippen molar-refractivity contribution >= 4 is 45.5 Å². The van der Waals surface area contributed by atoms with E-state index in [1.54, 1.807) is 27.6 Å². The first-order chi connectivity index (χ1) is 18.7. The van der Waals surface area contributed by atoms with Crippen molar-refractivity contribution < 1.29 is 29.0 Å². The molecule has 0 saturated carbocycles. The summed E-state index contributed by atoms with van der Waals surface area (Å²) >= 11 is 5.36. The first kappa shape index (κ1) is 30.6. The van der Waals surface area contributed by atoms with Gasteiger partial charge in [0.05, 0.1) is 42.4 Å². The second-order valence-electron chi connectivity index (χ2n) is 11.3. The minimum Gasteiger partial charge on any atom is -0.461 e. The third-order valence-corrected chi connectivity index (χ3v) is 11.6. The van der Waals surface area contributed by atoms with Gasteiger partial charge in [0, 0.05) is 42.8 Å². The van der Waals surface area contributed by atoms with Crippen LogP contribution >= 0.6 is 27.7 Å². The quantitative estimate of drug-likeness (QED) is 0.188. The molecule has 4 heterocycles. The largest absolute Gasteiger partial charge is 0.461 e. The topological polar surface area (TPSA) is 99.6 Å². The number of alkyl halides is 1. The molecule has 7 atom stereocenters. The summed E-state index contributed by atoms with van der Waals surface area (Å²) in [6, 6.07) is -1.31. The number of carbonyl (C=O) groups excluding carboxylic acids is 3. The Morgan fingerprint density at radius 2 is 2.03 bits per heavy atom. The normalized spacial score (nSPS) is 32.8. The van der Waals surface area contributed by atoms with Gasteiger partial charge in [0.25, 0.3) is 0 Å². The maximum Gasteiger partial charge on any atom is 0.311 e. The molecule has 2 bridgehead atoms. The van der Waals surface area contributed by atoms with E-state index in [1.807, 2.05) is 13.8 Å². The average Bonchev–Trinajstić information content (AvgIpc) is 3.51. The summed E-state index contributed by atoms with van der Waals surface area (Å²) in [5.41, 5.74) is 0. The standard InChI is InChI=1S/C28H42BrN3O6S/c1-5-7-31(9-8-30-10-13-37-14-11-30)26(35)24-28-16-20(29)23(39-28)21(27(36)38-12-6-2)22(28)25(34)32(24)19(17-33)15-18(3)4/h5-6,18-24,33H,1-2,7-17H2,3-4H3/t19-,20?,21-,22+,23-,24?,28?/m1/s1. The summed E-state index contributed by atoms with van der Waals surface area (Å²) < 4.78 is 10.1. The molecule has 218 valence electrons. The number of morpholine rings is 1. The van der Waals surface area contributed by atoms with E-state index in [-0.39, 0.29) is 41.0 Å².